The molecule has 2 heterocycles. The second-order valence-corrected chi connectivity index (χ2v) is 5.87. The zero-order chi connectivity index (χ0) is 16.8. The topological polar surface area (TPSA) is 80.0 Å². The van der Waals surface area contributed by atoms with Crippen LogP contribution in [0, 0.1) is 20.8 Å². The first kappa shape index (κ1) is 17.0. The van der Waals surface area contributed by atoms with Crippen molar-refractivity contribution in [1.82, 2.24) is 20.8 Å². The molecule has 2 rings (SSSR count). The summed E-state index contributed by atoms with van der Waals surface area (Å²) in [5.41, 5.74) is 4.04. The maximum atomic E-state index is 11.9. The van der Waals surface area contributed by atoms with Gasteiger partial charge in [-0.2, -0.15) is 0 Å². The molecule has 1 unspecified atom stereocenters. The molecule has 23 heavy (non-hydrogen) atoms. The zero-order valence-corrected chi connectivity index (χ0v) is 14.1. The van der Waals surface area contributed by atoms with Crippen LogP contribution in [0.1, 0.15) is 35.2 Å². The number of pyridine rings is 1. The predicted octanol–water partition coefficient (Wildman–Crippen LogP) is 2.47. The Balaban J connectivity index is 1.73. The van der Waals surface area contributed by atoms with Gasteiger partial charge in [0.05, 0.1) is 5.69 Å². The molecular formula is C17H24N4O2. The number of hydrogen-bond donors (Lipinski definition) is 2. The van der Waals surface area contributed by atoms with Gasteiger partial charge in [-0.3, -0.25) is 4.98 Å². The van der Waals surface area contributed by atoms with E-state index in [9.17, 15) is 4.79 Å². The Labute approximate surface area is 136 Å². The monoisotopic (exact) mass is 316 g/mol. The number of nitrogens with zero attached hydrogens (tertiary/aromatic N) is 2. The van der Waals surface area contributed by atoms with Crippen molar-refractivity contribution in [3.63, 3.8) is 0 Å². The molecule has 0 aliphatic heterocycles. The van der Waals surface area contributed by atoms with E-state index in [1.807, 2.05) is 46.0 Å². The van der Waals surface area contributed by atoms with Gasteiger partial charge < -0.3 is 15.2 Å². The second-order valence-electron chi connectivity index (χ2n) is 5.87. The molecule has 2 amide bonds. The number of carbonyl (C=O) groups is 1. The van der Waals surface area contributed by atoms with Gasteiger partial charge in [0, 0.05) is 30.0 Å². The Morgan fingerprint density at radius 3 is 2.70 bits per heavy atom. The third-order valence-corrected chi connectivity index (χ3v) is 3.74. The highest BCUT2D eigenvalue weighted by molar-refractivity contribution is 5.74. The average molecular weight is 316 g/mol. The molecule has 6 nitrogen and oxygen atoms in total. The van der Waals surface area contributed by atoms with Crippen LogP contribution in [-0.4, -0.2) is 28.8 Å². The Kier molecular flexibility index (Phi) is 5.73. The normalized spacial score (nSPS) is 12.0. The fourth-order valence-corrected chi connectivity index (χ4v) is 2.39. The quantitative estimate of drug-likeness (QED) is 0.858. The number of nitrogens with one attached hydrogen (secondary N) is 2. The summed E-state index contributed by atoms with van der Waals surface area (Å²) in [6.45, 7) is 8.30. The molecule has 2 N–H and O–H groups in total. The van der Waals surface area contributed by atoms with Crippen LogP contribution in [0.25, 0.3) is 0 Å². The van der Waals surface area contributed by atoms with Gasteiger partial charge in [-0.05, 0) is 52.2 Å². The van der Waals surface area contributed by atoms with Gasteiger partial charge in [-0.1, -0.05) is 11.2 Å². The molecule has 0 aromatic carbocycles. The van der Waals surface area contributed by atoms with Gasteiger partial charge in [0.25, 0.3) is 0 Å². The van der Waals surface area contributed by atoms with Crippen molar-refractivity contribution < 1.29 is 9.32 Å². The Morgan fingerprint density at radius 1 is 1.30 bits per heavy atom. The SMILES string of the molecule is Cc1ccc(CCNC(=O)NC(C)Cc2c(C)noc2C)cn1. The first-order valence-electron chi connectivity index (χ1n) is 7.83. The Bertz CT molecular complexity index is 630. The zero-order valence-electron chi connectivity index (χ0n) is 14.1. The number of hydrogen-bond acceptors (Lipinski definition) is 4. The van der Waals surface area contributed by atoms with Gasteiger partial charge in [-0.15, -0.1) is 0 Å². The van der Waals surface area contributed by atoms with Crippen molar-refractivity contribution in [1.29, 1.82) is 0 Å². The van der Waals surface area contributed by atoms with E-state index in [1.165, 1.54) is 0 Å². The molecular weight excluding hydrogens is 292 g/mol. The summed E-state index contributed by atoms with van der Waals surface area (Å²) < 4.78 is 5.14. The lowest BCUT2D eigenvalue weighted by atomic mass is 10.1. The summed E-state index contributed by atoms with van der Waals surface area (Å²) in [6, 6.07) is 3.85. The summed E-state index contributed by atoms with van der Waals surface area (Å²) >= 11 is 0. The molecule has 2 aromatic rings. The molecule has 2 aromatic heterocycles. The minimum absolute atomic E-state index is 0.00726. The molecule has 0 aliphatic rings. The van der Waals surface area contributed by atoms with Crippen molar-refractivity contribution in [3.05, 3.63) is 46.6 Å². The number of carbonyl (C=O) groups excluding carboxylic acids is 1. The van der Waals surface area contributed by atoms with Gasteiger partial charge in [0.1, 0.15) is 5.76 Å². The Hall–Kier alpha value is -2.37. The molecule has 0 aliphatic carbocycles. The standard InChI is InChI=1S/C17H24N4O2/c1-11-5-6-15(10-19-11)7-8-18-17(22)20-12(2)9-16-13(3)21-23-14(16)4/h5-6,10,12H,7-9H2,1-4H3,(H2,18,20,22). The van der Waals surface area contributed by atoms with E-state index in [0.717, 1.165) is 34.7 Å². The highest BCUT2D eigenvalue weighted by atomic mass is 16.5. The molecule has 0 bridgehead atoms. The molecule has 124 valence electrons. The van der Waals surface area contributed by atoms with Crippen LogP contribution in [-0.2, 0) is 12.8 Å². The maximum absolute atomic E-state index is 11.9. The van der Waals surface area contributed by atoms with Crippen molar-refractivity contribution in [2.75, 3.05) is 6.54 Å². The first-order valence-corrected chi connectivity index (χ1v) is 7.83. The smallest absolute Gasteiger partial charge is 0.315 e. The van der Waals surface area contributed by atoms with E-state index in [-0.39, 0.29) is 12.1 Å². The van der Waals surface area contributed by atoms with Crippen LogP contribution in [0.3, 0.4) is 0 Å². The molecule has 6 heteroatoms. The van der Waals surface area contributed by atoms with Crippen LogP contribution in [0.5, 0.6) is 0 Å². The van der Waals surface area contributed by atoms with E-state index in [1.54, 1.807) is 0 Å². The van der Waals surface area contributed by atoms with E-state index in [2.05, 4.69) is 20.8 Å². The summed E-state index contributed by atoms with van der Waals surface area (Å²) in [6.07, 6.45) is 3.31. The number of rotatable bonds is 6. The minimum Gasteiger partial charge on any atom is -0.361 e. The number of aryl methyl sites for hydroxylation is 3. The predicted molar refractivity (Wildman–Crippen MR) is 88.4 cm³/mol. The van der Waals surface area contributed by atoms with Gasteiger partial charge >= 0.3 is 6.03 Å². The fourth-order valence-electron chi connectivity index (χ4n) is 2.39. The largest absolute Gasteiger partial charge is 0.361 e. The molecule has 0 saturated carbocycles. The van der Waals surface area contributed by atoms with E-state index in [4.69, 9.17) is 4.52 Å². The van der Waals surface area contributed by atoms with Crippen molar-refractivity contribution in [2.45, 2.75) is 46.6 Å². The van der Waals surface area contributed by atoms with Crippen LogP contribution >= 0.6 is 0 Å². The summed E-state index contributed by atoms with van der Waals surface area (Å²) in [5, 5.41) is 9.73. The second kappa shape index (κ2) is 7.76. The van der Waals surface area contributed by atoms with Gasteiger partial charge in [0.2, 0.25) is 0 Å². The molecule has 0 saturated heterocycles. The highest BCUT2D eigenvalue weighted by Crippen LogP contribution is 2.14. The lowest BCUT2D eigenvalue weighted by Crippen LogP contribution is -2.42. The third-order valence-electron chi connectivity index (χ3n) is 3.74. The number of aromatic nitrogens is 2. The number of urea groups is 1. The van der Waals surface area contributed by atoms with E-state index < -0.39 is 0 Å². The van der Waals surface area contributed by atoms with Crippen LogP contribution in [0.2, 0.25) is 0 Å². The lowest BCUT2D eigenvalue weighted by Gasteiger charge is -2.14. The average Bonchev–Trinajstić information content (AvgIpc) is 2.81. The van der Waals surface area contributed by atoms with Crippen LogP contribution in [0.4, 0.5) is 4.79 Å². The summed E-state index contributed by atoms with van der Waals surface area (Å²) in [4.78, 5) is 16.2. The molecule has 1 atom stereocenters. The van der Waals surface area contributed by atoms with Crippen molar-refractivity contribution in [2.24, 2.45) is 0 Å². The summed E-state index contributed by atoms with van der Waals surface area (Å²) in [5.74, 6) is 0.809. The molecule has 0 spiro atoms. The highest BCUT2D eigenvalue weighted by Gasteiger charge is 2.14. The van der Waals surface area contributed by atoms with Crippen LogP contribution < -0.4 is 10.6 Å². The fraction of sp³-hybridized carbons (Fsp3) is 0.471. The van der Waals surface area contributed by atoms with Gasteiger partial charge in [-0.25, -0.2) is 4.79 Å². The minimum atomic E-state index is -0.163. The van der Waals surface area contributed by atoms with Crippen molar-refractivity contribution >= 4 is 6.03 Å². The number of amides is 2. The van der Waals surface area contributed by atoms with E-state index in [0.29, 0.717) is 13.0 Å². The first-order chi connectivity index (χ1) is 11.0. The van der Waals surface area contributed by atoms with E-state index >= 15 is 0 Å². The lowest BCUT2D eigenvalue weighted by molar-refractivity contribution is 0.238. The molecule has 0 radical (unpaired) electrons. The summed E-state index contributed by atoms with van der Waals surface area (Å²) in [7, 11) is 0. The molecule has 0 fully saturated rings. The van der Waals surface area contributed by atoms with Gasteiger partial charge in [0.15, 0.2) is 0 Å². The third kappa shape index (κ3) is 5.09. The maximum Gasteiger partial charge on any atom is 0.315 e. The van der Waals surface area contributed by atoms with Crippen molar-refractivity contribution in [3.8, 4) is 0 Å². The Morgan fingerprint density at radius 2 is 2.09 bits per heavy atom. The van der Waals surface area contributed by atoms with Crippen LogP contribution in [0.15, 0.2) is 22.9 Å².